The summed E-state index contributed by atoms with van der Waals surface area (Å²) in [5.74, 6) is 0.933. The van der Waals surface area contributed by atoms with E-state index < -0.39 is 0 Å². The highest BCUT2D eigenvalue weighted by atomic mass is 16.5. The van der Waals surface area contributed by atoms with Gasteiger partial charge in [0.2, 0.25) is 0 Å². The molecule has 12 rings (SSSR count). The van der Waals surface area contributed by atoms with Crippen molar-refractivity contribution in [2.75, 3.05) is 9.80 Å². The highest BCUT2D eigenvalue weighted by molar-refractivity contribution is 6.13. The molecular formula is C60H42N2O2. The number of ether oxygens (including phenoxy) is 1. The van der Waals surface area contributed by atoms with Gasteiger partial charge in [0.25, 0.3) is 0 Å². The number of fused-ring (bicyclic) bond motifs is 6. The molecule has 0 saturated heterocycles. The number of allylic oxidation sites excluding steroid dienone is 2. The fourth-order valence-corrected chi connectivity index (χ4v) is 9.58. The first kappa shape index (κ1) is 37.4. The van der Waals surface area contributed by atoms with Gasteiger partial charge in [0.15, 0.2) is 5.58 Å². The second-order valence-electron chi connectivity index (χ2n) is 16.4. The van der Waals surface area contributed by atoms with Crippen molar-refractivity contribution in [1.82, 2.24) is 0 Å². The van der Waals surface area contributed by atoms with Crippen LogP contribution in [0.25, 0.3) is 60.9 Å². The number of para-hydroxylation sites is 4. The Hall–Kier alpha value is -8.34. The topological polar surface area (TPSA) is 28.9 Å². The Kier molecular flexibility index (Phi) is 9.27. The molecule has 0 N–H and O–H groups in total. The summed E-state index contributed by atoms with van der Waals surface area (Å²) >= 11 is 0. The zero-order valence-corrected chi connectivity index (χ0v) is 35.0. The summed E-state index contributed by atoms with van der Waals surface area (Å²) in [5, 5.41) is 2.19. The van der Waals surface area contributed by atoms with Crippen LogP contribution in [-0.4, -0.2) is 12.1 Å². The van der Waals surface area contributed by atoms with E-state index in [1.807, 2.05) is 12.1 Å². The van der Waals surface area contributed by atoms with E-state index in [1.54, 1.807) is 0 Å². The molecule has 0 saturated carbocycles. The van der Waals surface area contributed by atoms with Gasteiger partial charge in [-0.15, -0.1) is 0 Å². The average molecular weight is 823 g/mol. The molecule has 64 heavy (non-hydrogen) atoms. The van der Waals surface area contributed by atoms with Gasteiger partial charge in [-0.25, -0.2) is 0 Å². The molecular weight excluding hydrogens is 781 g/mol. The average Bonchev–Trinajstić information content (AvgIpc) is 3.96. The molecule has 4 heteroatoms. The number of hydrogen-bond acceptors (Lipinski definition) is 4. The van der Waals surface area contributed by atoms with Gasteiger partial charge >= 0.3 is 0 Å². The van der Waals surface area contributed by atoms with E-state index in [9.17, 15) is 0 Å². The molecule has 1 aliphatic heterocycles. The first-order valence-electron chi connectivity index (χ1n) is 21.9. The van der Waals surface area contributed by atoms with Crippen molar-refractivity contribution in [3.8, 4) is 39.1 Å². The van der Waals surface area contributed by atoms with E-state index in [4.69, 9.17) is 9.15 Å². The molecule has 2 unspecified atom stereocenters. The van der Waals surface area contributed by atoms with E-state index >= 15 is 0 Å². The summed E-state index contributed by atoms with van der Waals surface area (Å²) in [6.07, 6.45) is 6.50. The highest BCUT2D eigenvalue weighted by Crippen LogP contribution is 2.46. The fourth-order valence-electron chi connectivity index (χ4n) is 9.58. The number of nitrogens with zero attached hydrogens (tertiary/aromatic N) is 2. The molecule has 304 valence electrons. The van der Waals surface area contributed by atoms with Gasteiger partial charge in [-0.05, 0) is 88.5 Å². The number of rotatable bonds is 9. The van der Waals surface area contributed by atoms with Crippen molar-refractivity contribution in [1.29, 1.82) is 0 Å². The van der Waals surface area contributed by atoms with Gasteiger partial charge in [-0.3, -0.25) is 0 Å². The van der Waals surface area contributed by atoms with Crippen LogP contribution < -0.4 is 14.5 Å². The lowest BCUT2D eigenvalue weighted by Gasteiger charge is -2.37. The maximum Gasteiger partial charge on any atom is 0.159 e. The van der Waals surface area contributed by atoms with Gasteiger partial charge < -0.3 is 19.0 Å². The molecule has 1 aromatic heterocycles. The van der Waals surface area contributed by atoms with Gasteiger partial charge in [-0.1, -0.05) is 182 Å². The Morgan fingerprint density at radius 1 is 0.375 bits per heavy atom. The molecule has 10 aromatic rings. The van der Waals surface area contributed by atoms with Crippen LogP contribution in [0, 0.1) is 0 Å². The predicted octanol–water partition coefficient (Wildman–Crippen LogP) is 16.0. The third kappa shape index (κ3) is 6.56. The minimum Gasteiger partial charge on any atom is -0.483 e. The van der Waals surface area contributed by atoms with Crippen molar-refractivity contribution in [2.45, 2.75) is 12.1 Å². The van der Waals surface area contributed by atoms with Crippen LogP contribution >= 0.6 is 0 Å². The SMILES string of the molecule is C1=CC(N(c2ccc(-c3ccccc3)cc2)c2ccc(-c3ccc(N(c4ccccc4)c4cccc5c4oc4c(-c6ccccc6)cccc45)cc3)cc2)C2Oc3ccccc3C2=C1. The molecule has 2 aliphatic rings. The molecule has 2 heterocycles. The summed E-state index contributed by atoms with van der Waals surface area (Å²) < 4.78 is 13.6. The molecule has 0 spiro atoms. The molecule has 9 aromatic carbocycles. The molecule has 2 atom stereocenters. The van der Waals surface area contributed by atoms with Crippen LogP contribution in [0.15, 0.2) is 247 Å². The molecule has 0 amide bonds. The second kappa shape index (κ2) is 15.8. The third-order valence-electron chi connectivity index (χ3n) is 12.7. The standard InChI is InChI=1S/C60H42N2O2/c1-4-15-41(16-5-1)42-29-35-48(36-30-42)62(55-26-13-24-52-51-21-10-11-28-57(51)63-59(52)55)49-39-33-44(34-40-49)43-31-37-47(38-32-43)61(46-19-8-3-9-20-46)56-27-14-25-54-53-23-12-22-50(58(53)64-60(54)56)45-17-6-2-7-18-45/h1-40,55,59H. The zero-order valence-electron chi connectivity index (χ0n) is 35.0. The molecule has 1 aliphatic carbocycles. The minimum atomic E-state index is -0.146. The molecule has 0 fully saturated rings. The summed E-state index contributed by atoms with van der Waals surface area (Å²) in [4.78, 5) is 4.71. The fraction of sp³-hybridized carbons (Fsp3) is 0.0333. The predicted molar refractivity (Wildman–Crippen MR) is 265 cm³/mol. The Bertz CT molecular complexity index is 3340. The van der Waals surface area contributed by atoms with Crippen LogP contribution in [0.2, 0.25) is 0 Å². The van der Waals surface area contributed by atoms with Crippen molar-refractivity contribution in [2.24, 2.45) is 0 Å². The Labute approximate surface area is 372 Å². The molecule has 4 nitrogen and oxygen atoms in total. The van der Waals surface area contributed by atoms with Gasteiger partial charge in [0.1, 0.15) is 17.4 Å². The van der Waals surface area contributed by atoms with Gasteiger partial charge in [0.05, 0.1) is 11.7 Å². The Morgan fingerprint density at radius 3 is 1.53 bits per heavy atom. The number of furan rings is 1. The van der Waals surface area contributed by atoms with Gasteiger partial charge in [0, 0.05) is 50.2 Å². The van der Waals surface area contributed by atoms with E-state index in [1.165, 1.54) is 16.7 Å². The lowest BCUT2D eigenvalue weighted by Crippen LogP contribution is -2.42. The first-order valence-corrected chi connectivity index (χ1v) is 21.9. The second-order valence-corrected chi connectivity index (χ2v) is 16.4. The summed E-state index contributed by atoms with van der Waals surface area (Å²) in [7, 11) is 0. The molecule has 0 radical (unpaired) electrons. The number of hydrogen-bond donors (Lipinski definition) is 0. The zero-order chi connectivity index (χ0) is 42.4. The first-order chi connectivity index (χ1) is 31.7. The van der Waals surface area contributed by atoms with Crippen molar-refractivity contribution >= 4 is 55.9 Å². The van der Waals surface area contributed by atoms with Gasteiger partial charge in [-0.2, -0.15) is 0 Å². The lowest BCUT2D eigenvalue weighted by atomic mass is 9.91. The summed E-state index contributed by atoms with van der Waals surface area (Å²) in [6, 6.07) is 79.5. The normalized spacial score (nSPS) is 15.0. The smallest absolute Gasteiger partial charge is 0.159 e. The van der Waals surface area contributed by atoms with Crippen LogP contribution in [0.4, 0.5) is 28.4 Å². The number of benzene rings is 9. The maximum absolute atomic E-state index is 6.90. The van der Waals surface area contributed by atoms with Crippen molar-refractivity contribution in [3.05, 3.63) is 248 Å². The molecule has 0 bridgehead atoms. The largest absolute Gasteiger partial charge is 0.483 e. The van der Waals surface area contributed by atoms with Crippen LogP contribution in [-0.2, 0) is 0 Å². The summed E-state index contributed by atoms with van der Waals surface area (Å²) in [6.45, 7) is 0. The Morgan fingerprint density at radius 2 is 0.875 bits per heavy atom. The van der Waals surface area contributed by atoms with Crippen molar-refractivity contribution < 1.29 is 9.15 Å². The van der Waals surface area contributed by atoms with E-state index in [0.29, 0.717) is 0 Å². The van der Waals surface area contributed by atoms with Crippen LogP contribution in [0.1, 0.15) is 5.56 Å². The van der Waals surface area contributed by atoms with E-state index in [2.05, 4.69) is 240 Å². The van der Waals surface area contributed by atoms with E-state index in [-0.39, 0.29) is 12.1 Å². The van der Waals surface area contributed by atoms with Crippen molar-refractivity contribution in [3.63, 3.8) is 0 Å². The van der Waals surface area contributed by atoms with E-state index in [0.717, 1.165) is 83.9 Å². The quantitative estimate of drug-likeness (QED) is 0.145. The maximum atomic E-state index is 6.90. The number of anilines is 5. The minimum absolute atomic E-state index is 0.0646. The third-order valence-corrected chi connectivity index (χ3v) is 12.7. The summed E-state index contributed by atoms with van der Waals surface area (Å²) in [5.41, 5.74) is 16.3. The lowest BCUT2D eigenvalue weighted by molar-refractivity contribution is 0.258. The van der Waals surface area contributed by atoms with Crippen LogP contribution in [0.5, 0.6) is 5.75 Å². The highest BCUT2D eigenvalue weighted by Gasteiger charge is 2.39. The Balaban J connectivity index is 0.895. The van der Waals surface area contributed by atoms with Crippen LogP contribution in [0.3, 0.4) is 0 Å². The monoisotopic (exact) mass is 822 g/mol.